The summed E-state index contributed by atoms with van der Waals surface area (Å²) in [7, 11) is 1.48. The van der Waals surface area contributed by atoms with Gasteiger partial charge in [-0.3, -0.25) is 24.5 Å². The molecule has 1 rings (SSSR count). The first-order valence-electron chi connectivity index (χ1n) is 11.8. The highest BCUT2D eigenvalue weighted by Gasteiger charge is 2.35. The number of carbonyl (C=O) groups is 4. The molecule has 0 aromatic heterocycles. The fourth-order valence-corrected chi connectivity index (χ4v) is 3.73. The number of methoxy groups -OCH3 is 1. The normalized spacial score (nSPS) is 14.6. The van der Waals surface area contributed by atoms with E-state index < -0.39 is 47.7 Å². The number of ether oxygens (including phenoxy) is 1. The number of carboxylic acids is 1. The van der Waals surface area contributed by atoms with Crippen LogP contribution in [0.25, 0.3) is 0 Å². The first-order valence-corrected chi connectivity index (χ1v) is 12.2. The second-order valence-corrected chi connectivity index (χ2v) is 10.7. The number of halogens is 1. The van der Waals surface area contributed by atoms with Crippen molar-refractivity contribution in [2.75, 3.05) is 26.8 Å². The maximum Gasteiger partial charge on any atom is 0.320 e. The Bertz CT molecular complexity index is 993. The average Bonchev–Trinajstić information content (AvgIpc) is 2.83. The van der Waals surface area contributed by atoms with Gasteiger partial charge in [0.25, 0.3) is 0 Å². The van der Waals surface area contributed by atoms with E-state index in [2.05, 4.69) is 22.5 Å². The van der Waals surface area contributed by atoms with Gasteiger partial charge in [0.1, 0.15) is 17.8 Å². The van der Waals surface area contributed by atoms with Crippen LogP contribution >= 0.6 is 11.6 Å². The molecule has 0 aliphatic rings. The van der Waals surface area contributed by atoms with Crippen LogP contribution in [0.4, 0.5) is 0 Å². The predicted molar refractivity (Wildman–Crippen MR) is 141 cm³/mol. The zero-order valence-electron chi connectivity index (χ0n) is 22.0. The van der Waals surface area contributed by atoms with Crippen LogP contribution in [-0.4, -0.2) is 72.7 Å². The summed E-state index contributed by atoms with van der Waals surface area (Å²) in [5, 5.41) is 27.7. The van der Waals surface area contributed by atoms with E-state index in [-0.39, 0.29) is 24.9 Å². The summed E-state index contributed by atoms with van der Waals surface area (Å²) in [5.74, 6) is -2.24. The molecule has 3 atom stereocenters. The fraction of sp³-hybridized carbons (Fsp3) is 0.538. The topological polar surface area (TPSA) is 154 Å². The van der Waals surface area contributed by atoms with Crippen LogP contribution in [0.2, 0.25) is 5.02 Å². The SMILES string of the molecule is C=CC(=O)NC(Cc1ccc(OC)c(Cl)c1)C(=O)NCC(C)(CO)C(=O)CNC(CC(C)(C)C)C(=O)O. The van der Waals surface area contributed by atoms with E-state index >= 15 is 0 Å². The van der Waals surface area contributed by atoms with E-state index in [9.17, 15) is 29.4 Å². The van der Waals surface area contributed by atoms with Crippen molar-refractivity contribution in [2.24, 2.45) is 10.8 Å². The first kappa shape index (κ1) is 32.1. The van der Waals surface area contributed by atoms with Crippen LogP contribution in [0.15, 0.2) is 30.9 Å². The molecule has 3 unspecified atom stereocenters. The number of carbonyl (C=O) groups excluding carboxylic acids is 3. The maximum absolute atomic E-state index is 13.0. The average molecular weight is 540 g/mol. The zero-order valence-corrected chi connectivity index (χ0v) is 22.8. The summed E-state index contributed by atoms with van der Waals surface area (Å²) >= 11 is 6.17. The van der Waals surface area contributed by atoms with Crippen molar-refractivity contribution in [3.63, 3.8) is 0 Å². The number of Topliss-reactive ketones (excluding diaryl/α,β-unsaturated/α-hetero) is 1. The summed E-state index contributed by atoms with van der Waals surface area (Å²) in [6.45, 7) is 9.42. The van der Waals surface area contributed by atoms with Crippen LogP contribution in [-0.2, 0) is 25.6 Å². The van der Waals surface area contributed by atoms with Gasteiger partial charge in [0.2, 0.25) is 11.8 Å². The molecule has 1 aromatic rings. The van der Waals surface area contributed by atoms with Crippen molar-refractivity contribution >= 4 is 35.2 Å². The Hall–Kier alpha value is -2.95. The van der Waals surface area contributed by atoms with Gasteiger partial charge in [-0.15, -0.1) is 0 Å². The van der Waals surface area contributed by atoms with Crippen LogP contribution in [0.5, 0.6) is 5.75 Å². The van der Waals surface area contributed by atoms with Crippen molar-refractivity contribution in [3.8, 4) is 5.75 Å². The summed E-state index contributed by atoms with van der Waals surface area (Å²) < 4.78 is 5.13. The van der Waals surface area contributed by atoms with Crippen LogP contribution in [0.1, 0.15) is 39.7 Å². The molecule has 37 heavy (non-hydrogen) atoms. The van der Waals surface area contributed by atoms with Gasteiger partial charge in [-0.2, -0.15) is 0 Å². The van der Waals surface area contributed by atoms with Gasteiger partial charge in [-0.05, 0) is 42.5 Å². The molecule has 1 aromatic carbocycles. The highest BCUT2D eigenvalue weighted by molar-refractivity contribution is 6.32. The van der Waals surface area contributed by atoms with Gasteiger partial charge >= 0.3 is 5.97 Å². The monoisotopic (exact) mass is 539 g/mol. The number of aliphatic hydroxyl groups excluding tert-OH is 1. The number of hydrogen-bond acceptors (Lipinski definition) is 7. The van der Waals surface area contributed by atoms with Gasteiger partial charge in [0, 0.05) is 13.0 Å². The molecule has 0 saturated heterocycles. The number of nitrogens with one attached hydrogen (secondary N) is 3. The van der Waals surface area contributed by atoms with Gasteiger partial charge in [-0.25, -0.2) is 0 Å². The second kappa shape index (κ2) is 14.1. The van der Waals surface area contributed by atoms with E-state index in [4.69, 9.17) is 16.3 Å². The van der Waals surface area contributed by atoms with Gasteiger partial charge in [0.15, 0.2) is 5.78 Å². The van der Waals surface area contributed by atoms with Crippen molar-refractivity contribution in [2.45, 2.75) is 52.6 Å². The van der Waals surface area contributed by atoms with Crippen molar-refractivity contribution in [1.29, 1.82) is 0 Å². The van der Waals surface area contributed by atoms with E-state index in [0.29, 0.717) is 22.8 Å². The summed E-state index contributed by atoms with van der Waals surface area (Å²) in [4.78, 5) is 49.4. The molecule has 10 nitrogen and oxygen atoms in total. The lowest BCUT2D eigenvalue weighted by Crippen LogP contribution is -2.53. The largest absolute Gasteiger partial charge is 0.495 e. The van der Waals surface area contributed by atoms with Gasteiger partial charge in [-0.1, -0.05) is 45.0 Å². The minimum atomic E-state index is -1.39. The second-order valence-electron chi connectivity index (χ2n) is 10.3. The molecule has 0 heterocycles. The minimum Gasteiger partial charge on any atom is -0.495 e. The Labute approximate surface area is 222 Å². The van der Waals surface area contributed by atoms with Crippen molar-refractivity contribution in [1.82, 2.24) is 16.0 Å². The molecule has 11 heteroatoms. The maximum atomic E-state index is 13.0. The highest BCUT2D eigenvalue weighted by atomic mass is 35.5. The smallest absolute Gasteiger partial charge is 0.320 e. The standard InChI is InChI=1S/C26H38ClN3O7/c1-7-22(33)30-18(11-16-8-9-20(37-6)17(27)10-16)23(34)29-14-26(5,15-31)21(32)13-28-19(24(35)36)12-25(2,3)4/h7-10,18-19,28,31H,1,11-15H2,2-6H3,(H,29,34)(H,30,33)(H,35,36). The molecule has 0 aliphatic heterocycles. The van der Waals surface area contributed by atoms with Gasteiger partial charge < -0.3 is 25.6 Å². The number of rotatable bonds is 15. The molecule has 2 amide bonds. The molecular weight excluding hydrogens is 502 g/mol. The third-order valence-electron chi connectivity index (χ3n) is 5.77. The molecule has 0 saturated carbocycles. The Balaban J connectivity index is 2.93. The Morgan fingerprint density at radius 2 is 1.81 bits per heavy atom. The van der Waals surface area contributed by atoms with E-state index in [0.717, 1.165) is 6.08 Å². The number of amides is 2. The lowest BCUT2D eigenvalue weighted by atomic mass is 9.85. The first-order chi connectivity index (χ1) is 17.2. The lowest BCUT2D eigenvalue weighted by Gasteiger charge is -2.29. The summed E-state index contributed by atoms with van der Waals surface area (Å²) in [6, 6.07) is 2.99. The van der Waals surface area contributed by atoms with Crippen LogP contribution in [0.3, 0.4) is 0 Å². The molecule has 0 aliphatic carbocycles. The quantitative estimate of drug-likeness (QED) is 0.211. The zero-order chi connectivity index (χ0) is 28.4. The van der Waals surface area contributed by atoms with Crippen LogP contribution in [0, 0.1) is 10.8 Å². The lowest BCUT2D eigenvalue weighted by molar-refractivity contribution is -0.140. The van der Waals surface area contributed by atoms with Gasteiger partial charge in [0.05, 0.1) is 30.7 Å². The number of hydrogen-bond donors (Lipinski definition) is 5. The fourth-order valence-electron chi connectivity index (χ4n) is 3.45. The van der Waals surface area contributed by atoms with Crippen molar-refractivity contribution < 1.29 is 34.1 Å². The van der Waals surface area contributed by atoms with E-state index in [1.54, 1.807) is 18.2 Å². The molecule has 0 spiro atoms. The number of carboxylic acid groups (broad SMARTS) is 1. The molecule has 0 fully saturated rings. The van der Waals surface area contributed by atoms with Crippen LogP contribution < -0.4 is 20.7 Å². The minimum absolute atomic E-state index is 0.0908. The predicted octanol–water partition coefficient (Wildman–Crippen LogP) is 1.72. The Morgan fingerprint density at radius 3 is 2.30 bits per heavy atom. The number of aliphatic carboxylic acids is 1. The number of aliphatic hydroxyl groups is 1. The molecule has 0 radical (unpaired) electrons. The van der Waals surface area contributed by atoms with E-state index in [1.807, 2.05) is 20.8 Å². The molecule has 0 bridgehead atoms. The number of ketones is 1. The Morgan fingerprint density at radius 1 is 1.16 bits per heavy atom. The summed E-state index contributed by atoms with van der Waals surface area (Å²) in [5.41, 5.74) is -1.02. The highest BCUT2D eigenvalue weighted by Crippen LogP contribution is 2.26. The van der Waals surface area contributed by atoms with Crippen molar-refractivity contribution in [3.05, 3.63) is 41.4 Å². The molecule has 5 N–H and O–H groups in total. The molecular formula is C26H38ClN3O7. The third kappa shape index (κ3) is 10.5. The Kier molecular flexibility index (Phi) is 12.2. The third-order valence-corrected chi connectivity index (χ3v) is 6.07. The van der Waals surface area contributed by atoms with E-state index in [1.165, 1.54) is 14.0 Å². The number of benzene rings is 1. The summed E-state index contributed by atoms with van der Waals surface area (Å²) in [6.07, 6.45) is 1.42. The molecule has 206 valence electrons.